The number of ether oxygens (including phenoxy) is 1. The van der Waals surface area contributed by atoms with Gasteiger partial charge in [-0.3, -0.25) is 14.9 Å². The van der Waals surface area contributed by atoms with Crippen molar-refractivity contribution in [1.29, 1.82) is 0 Å². The molecule has 0 fully saturated rings. The molecule has 0 radical (unpaired) electrons. The Morgan fingerprint density at radius 2 is 1.83 bits per heavy atom. The summed E-state index contributed by atoms with van der Waals surface area (Å²) < 4.78 is 6.13. The van der Waals surface area contributed by atoms with Gasteiger partial charge in [0.25, 0.3) is 11.6 Å². The van der Waals surface area contributed by atoms with Crippen LogP contribution in [0.5, 0.6) is 0 Å². The van der Waals surface area contributed by atoms with Gasteiger partial charge in [0, 0.05) is 35.6 Å². The van der Waals surface area contributed by atoms with Crippen LogP contribution in [0.2, 0.25) is 0 Å². The molecule has 1 aromatic heterocycles. The van der Waals surface area contributed by atoms with E-state index in [1.165, 1.54) is 23.5 Å². The zero-order chi connectivity index (χ0) is 20.8. The molecule has 1 heterocycles. The second-order valence-corrected chi connectivity index (χ2v) is 7.26. The predicted octanol–water partition coefficient (Wildman–Crippen LogP) is 3.50. The van der Waals surface area contributed by atoms with Crippen LogP contribution in [0.4, 0.5) is 11.4 Å². The number of non-ortho nitro benzene ring substituents is 1. The van der Waals surface area contributed by atoms with Gasteiger partial charge in [0.2, 0.25) is 0 Å². The first-order valence-electron chi connectivity index (χ1n) is 8.86. The normalized spacial score (nSPS) is 10.5. The van der Waals surface area contributed by atoms with E-state index in [4.69, 9.17) is 4.74 Å². The maximum atomic E-state index is 12.3. The molecule has 3 aromatic rings. The minimum absolute atomic E-state index is 0.0135. The topological polar surface area (TPSA) is 111 Å². The van der Waals surface area contributed by atoms with Crippen molar-refractivity contribution >= 4 is 44.7 Å². The van der Waals surface area contributed by atoms with Gasteiger partial charge in [-0.2, -0.15) is 0 Å². The number of nitrogens with one attached hydrogen (secondary N) is 2. The lowest BCUT2D eigenvalue weighted by Gasteiger charge is -2.08. The van der Waals surface area contributed by atoms with Gasteiger partial charge >= 0.3 is 5.97 Å². The molecule has 0 atom stereocenters. The lowest BCUT2D eigenvalue weighted by molar-refractivity contribution is -0.384. The third-order valence-electron chi connectivity index (χ3n) is 4.22. The summed E-state index contributed by atoms with van der Waals surface area (Å²) in [6, 6.07) is 13.7. The number of nitro groups is 1. The van der Waals surface area contributed by atoms with E-state index in [9.17, 15) is 19.7 Å². The van der Waals surface area contributed by atoms with Gasteiger partial charge in [-0.1, -0.05) is 18.2 Å². The molecule has 2 N–H and O–H groups in total. The highest BCUT2D eigenvalue weighted by Crippen LogP contribution is 2.30. The molecule has 0 aliphatic heterocycles. The SMILES string of the molecule is Cc1c(C(=O)OCC(=O)NCCNc2ccc([N+](=O)[O-])cc2)sc2ccccc12. The first kappa shape index (κ1) is 20.3. The minimum atomic E-state index is -0.511. The highest BCUT2D eigenvalue weighted by molar-refractivity contribution is 7.21. The van der Waals surface area contributed by atoms with Crippen molar-refractivity contribution in [2.45, 2.75) is 6.92 Å². The van der Waals surface area contributed by atoms with E-state index in [1.807, 2.05) is 31.2 Å². The van der Waals surface area contributed by atoms with Gasteiger partial charge in [-0.05, 0) is 36.1 Å². The Balaban J connectivity index is 1.41. The molecule has 0 aliphatic carbocycles. The Hall–Kier alpha value is -3.46. The standard InChI is InChI=1S/C20H19N3O5S/c1-13-16-4-2-3-5-17(16)29-19(13)20(25)28-12-18(24)22-11-10-21-14-6-8-15(9-7-14)23(26)27/h2-9,21H,10-12H2,1H3,(H,22,24). The molecule has 0 spiro atoms. The number of fused-ring (bicyclic) bond motifs is 1. The Labute approximate surface area is 170 Å². The largest absolute Gasteiger partial charge is 0.451 e. The molecule has 2 aromatic carbocycles. The third kappa shape index (κ3) is 5.08. The second-order valence-electron chi connectivity index (χ2n) is 6.21. The number of esters is 1. The van der Waals surface area contributed by atoms with Crippen LogP contribution in [-0.4, -0.2) is 36.5 Å². The van der Waals surface area contributed by atoms with Crippen molar-refractivity contribution in [3.05, 3.63) is 69.1 Å². The number of nitro benzene ring substituents is 1. The number of carbonyl (C=O) groups excluding carboxylic acids is 2. The number of benzene rings is 2. The number of carbonyl (C=O) groups is 2. The quantitative estimate of drug-likeness (QED) is 0.253. The lowest BCUT2D eigenvalue weighted by Crippen LogP contribution is -2.32. The summed E-state index contributed by atoms with van der Waals surface area (Å²) in [4.78, 5) is 34.8. The number of aryl methyl sites for hydroxylation is 1. The molecule has 29 heavy (non-hydrogen) atoms. The molecule has 0 saturated heterocycles. The van der Waals surface area contributed by atoms with Crippen molar-refractivity contribution < 1.29 is 19.2 Å². The third-order valence-corrected chi connectivity index (χ3v) is 5.47. The van der Waals surface area contributed by atoms with Gasteiger partial charge in [0.15, 0.2) is 6.61 Å². The smallest absolute Gasteiger partial charge is 0.349 e. The van der Waals surface area contributed by atoms with Crippen LogP contribution < -0.4 is 10.6 Å². The van der Waals surface area contributed by atoms with Gasteiger partial charge in [-0.25, -0.2) is 4.79 Å². The fraction of sp³-hybridized carbons (Fsp3) is 0.200. The molecule has 9 heteroatoms. The van der Waals surface area contributed by atoms with Crippen molar-refractivity contribution in [3.63, 3.8) is 0 Å². The first-order chi connectivity index (χ1) is 14.0. The summed E-state index contributed by atoms with van der Waals surface area (Å²) in [5.41, 5.74) is 1.57. The molecular weight excluding hydrogens is 394 g/mol. The van der Waals surface area contributed by atoms with Crippen LogP contribution in [-0.2, 0) is 9.53 Å². The van der Waals surface area contributed by atoms with Crippen LogP contribution in [0, 0.1) is 17.0 Å². The van der Waals surface area contributed by atoms with Crippen molar-refractivity contribution in [2.75, 3.05) is 25.0 Å². The fourth-order valence-corrected chi connectivity index (χ4v) is 3.83. The molecule has 0 saturated carbocycles. The van der Waals surface area contributed by atoms with Crippen LogP contribution in [0.1, 0.15) is 15.2 Å². The molecule has 1 amide bonds. The van der Waals surface area contributed by atoms with E-state index in [-0.39, 0.29) is 12.3 Å². The zero-order valence-electron chi connectivity index (χ0n) is 15.6. The molecule has 3 rings (SSSR count). The summed E-state index contributed by atoms with van der Waals surface area (Å²) in [6.07, 6.45) is 0. The summed E-state index contributed by atoms with van der Waals surface area (Å²) in [5.74, 6) is -0.912. The summed E-state index contributed by atoms with van der Waals surface area (Å²) in [6.45, 7) is 2.24. The van der Waals surface area contributed by atoms with E-state index >= 15 is 0 Å². The number of amides is 1. The van der Waals surface area contributed by atoms with Crippen LogP contribution in [0.25, 0.3) is 10.1 Å². The molecule has 0 aliphatic rings. The number of thiophene rings is 1. The van der Waals surface area contributed by atoms with E-state index in [0.717, 1.165) is 15.6 Å². The predicted molar refractivity (Wildman–Crippen MR) is 111 cm³/mol. The average molecular weight is 413 g/mol. The monoisotopic (exact) mass is 413 g/mol. The molecule has 150 valence electrons. The van der Waals surface area contributed by atoms with Crippen molar-refractivity contribution in [3.8, 4) is 0 Å². The Kier molecular flexibility index (Phi) is 6.40. The van der Waals surface area contributed by atoms with Gasteiger partial charge in [-0.15, -0.1) is 11.3 Å². The minimum Gasteiger partial charge on any atom is -0.451 e. The summed E-state index contributed by atoms with van der Waals surface area (Å²) in [5, 5.41) is 17.3. The Bertz CT molecular complexity index is 1050. The average Bonchev–Trinajstić information content (AvgIpc) is 3.06. The number of rotatable bonds is 8. The Morgan fingerprint density at radius 1 is 1.10 bits per heavy atom. The summed E-state index contributed by atoms with van der Waals surface area (Å²) >= 11 is 1.35. The number of nitrogens with zero attached hydrogens (tertiary/aromatic N) is 1. The Morgan fingerprint density at radius 3 is 2.52 bits per heavy atom. The number of anilines is 1. The van der Waals surface area contributed by atoms with Crippen LogP contribution in [0.15, 0.2) is 48.5 Å². The van der Waals surface area contributed by atoms with Crippen molar-refractivity contribution in [2.24, 2.45) is 0 Å². The number of hydrogen-bond acceptors (Lipinski definition) is 7. The first-order valence-corrected chi connectivity index (χ1v) is 9.67. The fourth-order valence-electron chi connectivity index (χ4n) is 2.73. The summed E-state index contributed by atoms with van der Waals surface area (Å²) in [7, 11) is 0. The second kappa shape index (κ2) is 9.16. The molecule has 0 bridgehead atoms. The van der Waals surface area contributed by atoms with Crippen molar-refractivity contribution in [1.82, 2.24) is 5.32 Å². The van der Waals surface area contributed by atoms with E-state index < -0.39 is 16.8 Å². The zero-order valence-corrected chi connectivity index (χ0v) is 16.5. The number of hydrogen-bond donors (Lipinski definition) is 2. The van der Waals surface area contributed by atoms with Crippen LogP contribution >= 0.6 is 11.3 Å². The van der Waals surface area contributed by atoms with Crippen LogP contribution in [0.3, 0.4) is 0 Å². The van der Waals surface area contributed by atoms with E-state index in [2.05, 4.69) is 10.6 Å². The highest BCUT2D eigenvalue weighted by Gasteiger charge is 2.17. The van der Waals surface area contributed by atoms with Gasteiger partial charge in [0.05, 0.1) is 4.92 Å². The van der Waals surface area contributed by atoms with E-state index in [0.29, 0.717) is 23.7 Å². The molecular formula is C20H19N3O5S. The van der Waals surface area contributed by atoms with E-state index in [1.54, 1.807) is 12.1 Å². The maximum absolute atomic E-state index is 12.3. The highest BCUT2D eigenvalue weighted by atomic mass is 32.1. The lowest BCUT2D eigenvalue weighted by atomic mass is 10.1. The molecule has 0 unspecified atom stereocenters. The van der Waals surface area contributed by atoms with Gasteiger partial charge < -0.3 is 15.4 Å². The maximum Gasteiger partial charge on any atom is 0.349 e. The molecule has 8 nitrogen and oxygen atoms in total. The van der Waals surface area contributed by atoms with Gasteiger partial charge in [0.1, 0.15) is 4.88 Å².